The molecule has 36 heavy (non-hydrogen) atoms. The van der Waals surface area contributed by atoms with Crippen molar-refractivity contribution in [3.05, 3.63) is 58.7 Å². The fourth-order valence-electron chi connectivity index (χ4n) is 5.43. The summed E-state index contributed by atoms with van der Waals surface area (Å²) in [7, 11) is 3.92. The molecule has 1 aliphatic carbocycles. The number of hydrogen-bond acceptors (Lipinski definition) is 5. The lowest BCUT2D eigenvalue weighted by molar-refractivity contribution is 0.0953. The topological polar surface area (TPSA) is 88.5 Å². The van der Waals surface area contributed by atoms with Crippen molar-refractivity contribution in [1.29, 1.82) is 0 Å². The third-order valence-corrected chi connectivity index (χ3v) is 7.29. The molecular weight excluding hydrogens is 455 g/mol. The van der Waals surface area contributed by atoms with Gasteiger partial charge in [0.15, 0.2) is 11.5 Å². The van der Waals surface area contributed by atoms with Gasteiger partial charge in [0.1, 0.15) is 11.4 Å². The minimum Gasteiger partial charge on any atom is -0.381 e. The van der Waals surface area contributed by atoms with Gasteiger partial charge in [0.05, 0.1) is 0 Å². The van der Waals surface area contributed by atoms with Crippen LogP contribution in [0.3, 0.4) is 0 Å². The predicted octanol–water partition coefficient (Wildman–Crippen LogP) is 4.60. The molecule has 3 N–H and O–H groups in total. The predicted molar refractivity (Wildman–Crippen MR) is 142 cm³/mol. The summed E-state index contributed by atoms with van der Waals surface area (Å²) in [5, 5.41) is 7.20. The van der Waals surface area contributed by atoms with Gasteiger partial charge in [0.2, 0.25) is 0 Å². The second-order valence-electron chi connectivity index (χ2n) is 10.4. The summed E-state index contributed by atoms with van der Waals surface area (Å²) in [6.45, 7) is 3.44. The van der Waals surface area contributed by atoms with E-state index in [-0.39, 0.29) is 17.5 Å². The van der Waals surface area contributed by atoms with E-state index in [0.717, 1.165) is 63.6 Å². The van der Waals surface area contributed by atoms with E-state index in [9.17, 15) is 9.18 Å². The smallest absolute Gasteiger partial charge is 0.259 e. The molecule has 8 heteroatoms. The van der Waals surface area contributed by atoms with Crippen LogP contribution in [-0.2, 0) is 12.8 Å². The SMILES string of the molecule is CCCc1ccc(F)cc1[C@H]1CCCC(Cc2ccn3nc(N)c(C(=O)NCCN(C)C)c3n2)CC1. The van der Waals surface area contributed by atoms with Gasteiger partial charge in [-0.3, -0.25) is 4.79 Å². The summed E-state index contributed by atoms with van der Waals surface area (Å²) in [6.07, 6.45) is 10.2. The van der Waals surface area contributed by atoms with Crippen molar-refractivity contribution in [2.24, 2.45) is 5.92 Å². The van der Waals surface area contributed by atoms with E-state index in [1.165, 1.54) is 11.1 Å². The van der Waals surface area contributed by atoms with Crippen LogP contribution in [0.4, 0.5) is 10.2 Å². The summed E-state index contributed by atoms with van der Waals surface area (Å²) >= 11 is 0. The highest BCUT2D eigenvalue weighted by molar-refractivity contribution is 6.04. The molecule has 2 heterocycles. The van der Waals surface area contributed by atoms with E-state index in [1.807, 2.05) is 37.3 Å². The van der Waals surface area contributed by atoms with Gasteiger partial charge in [-0.25, -0.2) is 13.9 Å². The van der Waals surface area contributed by atoms with Crippen LogP contribution in [0.15, 0.2) is 30.5 Å². The Kier molecular flexibility index (Phi) is 8.56. The van der Waals surface area contributed by atoms with Gasteiger partial charge in [-0.2, -0.15) is 0 Å². The summed E-state index contributed by atoms with van der Waals surface area (Å²) in [5.41, 5.74) is 10.4. The molecule has 0 bridgehead atoms. The molecule has 2 atom stereocenters. The maximum Gasteiger partial charge on any atom is 0.259 e. The monoisotopic (exact) mass is 494 g/mol. The van der Waals surface area contributed by atoms with Crippen LogP contribution < -0.4 is 11.1 Å². The number of aromatic nitrogens is 3. The van der Waals surface area contributed by atoms with Crippen molar-refractivity contribution in [3.63, 3.8) is 0 Å². The number of carbonyl (C=O) groups excluding carboxylic acids is 1. The number of amides is 1. The molecule has 0 aliphatic heterocycles. The molecule has 1 unspecified atom stereocenters. The molecule has 1 aromatic carbocycles. The number of anilines is 1. The highest BCUT2D eigenvalue weighted by Gasteiger charge is 2.24. The number of fused-ring (bicyclic) bond motifs is 1. The summed E-state index contributed by atoms with van der Waals surface area (Å²) in [4.78, 5) is 19.6. The van der Waals surface area contributed by atoms with Gasteiger partial charge in [-0.1, -0.05) is 32.3 Å². The van der Waals surface area contributed by atoms with Crippen LogP contribution in [0.2, 0.25) is 0 Å². The molecular formula is C28H39FN6O. The fourth-order valence-corrected chi connectivity index (χ4v) is 5.43. The van der Waals surface area contributed by atoms with Crippen LogP contribution in [0, 0.1) is 11.7 Å². The van der Waals surface area contributed by atoms with Crippen LogP contribution in [-0.4, -0.2) is 52.6 Å². The summed E-state index contributed by atoms with van der Waals surface area (Å²) in [6, 6.07) is 7.30. The number of aryl methyl sites for hydroxylation is 1. The zero-order valence-electron chi connectivity index (χ0n) is 21.8. The molecule has 0 saturated heterocycles. The average molecular weight is 495 g/mol. The quantitative estimate of drug-likeness (QED) is 0.425. The maximum absolute atomic E-state index is 14.1. The Morgan fingerprint density at radius 3 is 2.83 bits per heavy atom. The lowest BCUT2D eigenvalue weighted by atomic mass is 9.86. The maximum atomic E-state index is 14.1. The van der Waals surface area contributed by atoms with E-state index in [2.05, 4.69) is 17.3 Å². The molecule has 194 valence electrons. The van der Waals surface area contributed by atoms with Crippen molar-refractivity contribution >= 4 is 17.4 Å². The fraction of sp³-hybridized carbons (Fsp3) is 0.536. The molecule has 1 fully saturated rings. The Hall–Kier alpha value is -3.00. The normalized spacial score (nSPS) is 18.5. The number of carbonyl (C=O) groups is 1. The highest BCUT2D eigenvalue weighted by atomic mass is 19.1. The second-order valence-corrected chi connectivity index (χ2v) is 10.4. The van der Waals surface area contributed by atoms with E-state index in [1.54, 1.807) is 16.6 Å². The second kappa shape index (κ2) is 11.8. The van der Waals surface area contributed by atoms with Gasteiger partial charge in [-0.05, 0) is 87.4 Å². The van der Waals surface area contributed by atoms with Gasteiger partial charge in [0, 0.05) is 25.0 Å². The number of rotatable bonds is 9. The molecule has 0 radical (unpaired) electrons. The molecule has 2 aromatic heterocycles. The third-order valence-electron chi connectivity index (χ3n) is 7.29. The number of benzene rings is 1. The first-order chi connectivity index (χ1) is 17.4. The first kappa shape index (κ1) is 26.1. The number of halogens is 1. The number of likely N-dealkylation sites (N-methyl/N-ethyl adjacent to an activating group) is 1. The van der Waals surface area contributed by atoms with Crippen molar-refractivity contribution < 1.29 is 9.18 Å². The number of hydrogen-bond donors (Lipinski definition) is 2. The molecule has 1 saturated carbocycles. The van der Waals surface area contributed by atoms with Gasteiger partial charge in [0.25, 0.3) is 5.91 Å². The molecule has 4 rings (SSSR count). The Balaban J connectivity index is 1.46. The largest absolute Gasteiger partial charge is 0.381 e. The molecule has 1 amide bonds. The molecule has 7 nitrogen and oxygen atoms in total. The molecule has 1 aliphatic rings. The number of nitrogens with two attached hydrogens (primary N) is 1. The van der Waals surface area contributed by atoms with Crippen LogP contribution in [0.1, 0.15) is 78.5 Å². The number of nitrogens with one attached hydrogen (secondary N) is 1. The van der Waals surface area contributed by atoms with Gasteiger partial charge >= 0.3 is 0 Å². The van der Waals surface area contributed by atoms with Crippen LogP contribution in [0.25, 0.3) is 5.65 Å². The number of nitrogen functional groups attached to an aromatic ring is 1. The Morgan fingerprint density at radius 2 is 2.06 bits per heavy atom. The van der Waals surface area contributed by atoms with Crippen LogP contribution >= 0.6 is 0 Å². The zero-order valence-corrected chi connectivity index (χ0v) is 21.8. The van der Waals surface area contributed by atoms with Crippen molar-refractivity contribution in [1.82, 2.24) is 24.8 Å². The standard InChI is InChI=1S/C28H39FN6O/c1-4-6-20-11-12-22(29)18-24(20)21-8-5-7-19(9-10-21)17-23-13-15-35-27(32-23)25(26(30)33-35)28(36)31-14-16-34(2)3/h11-13,15,18-19,21H,4-10,14,16-17H2,1-3H3,(H2,30,33)(H,31,36)/t19?,21-/m0/s1. The minimum absolute atomic E-state index is 0.134. The van der Waals surface area contributed by atoms with Crippen molar-refractivity contribution in [2.75, 3.05) is 32.9 Å². The van der Waals surface area contributed by atoms with Crippen molar-refractivity contribution in [3.8, 4) is 0 Å². The lowest BCUT2D eigenvalue weighted by Crippen LogP contribution is -2.31. The molecule has 3 aromatic rings. The molecule has 0 spiro atoms. The van der Waals surface area contributed by atoms with E-state index in [4.69, 9.17) is 10.7 Å². The highest BCUT2D eigenvalue weighted by Crippen LogP contribution is 2.37. The first-order valence-electron chi connectivity index (χ1n) is 13.2. The number of nitrogens with zero attached hydrogens (tertiary/aromatic N) is 4. The minimum atomic E-state index is -0.246. The van der Waals surface area contributed by atoms with Gasteiger partial charge in [-0.15, -0.1) is 5.10 Å². The summed E-state index contributed by atoms with van der Waals surface area (Å²) in [5.74, 6) is 0.729. The van der Waals surface area contributed by atoms with Crippen LogP contribution in [0.5, 0.6) is 0 Å². The Labute approximate surface area is 213 Å². The van der Waals surface area contributed by atoms with E-state index >= 15 is 0 Å². The lowest BCUT2D eigenvalue weighted by Gasteiger charge is -2.19. The Bertz CT molecular complexity index is 1190. The summed E-state index contributed by atoms with van der Waals surface area (Å²) < 4.78 is 15.7. The van der Waals surface area contributed by atoms with Crippen molar-refractivity contribution in [2.45, 2.75) is 64.2 Å². The van der Waals surface area contributed by atoms with E-state index < -0.39 is 0 Å². The Morgan fingerprint density at radius 1 is 1.22 bits per heavy atom. The first-order valence-corrected chi connectivity index (χ1v) is 13.2. The zero-order chi connectivity index (χ0) is 25.7. The third kappa shape index (κ3) is 6.22. The van der Waals surface area contributed by atoms with Gasteiger partial charge < -0.3 is 16.0 Å². The van der Waals surface area contributed by atoms with E-state index in [0.29, 0.717) is 29.6 Å². The average Bonchev–Trinajstić information content (AvgIpc) is 2.99.